The quantitative estimate of drug-likeness (QED) is 0.747. The summed E-state index contributed by atoms with van der Waals surface area (Å²) in [5.41, 5.74) is 1.22. The highest BCUT2D eigenvalue weighted by molar-refractivity contribution is 6.35. The van der Waals surface area contributed by atoms with Crippen molar-refractivity contribution in [2.24, 2.45) is 5.92 Å². The first-order valence-corrected chi connectivity index (χ1v) is 7.50. The summed E-state index contributed by atoms with van der Waals surface area (Å²) in [5, 5.41) is 5.48. The van der Waals surface area contributed by atoms with Crippen LogP contribution in [0.2, 0.25) is 5.02 Å². The third-order valence-electron chi connectivity index (χ3n) is 3.42. The van der Waals surface area contributed by atoms with Gasteiger partial charge in [-0.3, -0.25) is 0 Å². The molecule has 0 unspecified atom stereocenters. The predicted molar refractivity (Wildman–Crippen MR) is 83.9 cm³/mol. The summed E-state index contributed by atoms with van der Waals surface area (Å²) >= 11 is 6.17. The van der Waals surface area contributed by atoms with Crippen LogP contribution >= 0.6 is 11.6 Å². The van der Waals surface area contributed by atoms with Crippen LogP contribution in [0.1, 0.15) is 26.7 Å². The first-order chi connectivity index (χ1) is 9.18. The third kappa shape index (κ3) is 3.99. The molecule has 3 heteroatoms. The molecule has 1 heterocycles. The second-order valence-electron chi connectivity index (χ2n) is 5.47. The van der Waals surface area contributed by atoms with Crippen LogP contribution in [-0.2, 0) is 6.54 Å². The summed E-state index contributed by atoms with van der Waals surface area (Å²) in [6, 6.07) is 8.17. The minimum absolute atomic E-state index is 0.803. The van der Waals surface area contributed by atoms with Crippen LogP contribution < -0.4 is 5.32 Å². The van der Waals surface area contributed by atoms with E-state index in [1.54, 1.807) is 0 Å². The van der Waals surface area contributed by atoms with Gasteiger partial charge in [0, 0.05) is 35.2 Å². The number of nitrogens with zero attached hydrogens (tertiary/aromatic N) is 1. The van der Waals surface area contributed by atoms with Gasteiger partial charge >= 0.3 is 0 Å². The molecular weight excluding hydrogens is 256 g/mol. The fourth-order valence-electron chi connectivity index (χ4n) is 2.34. The molecule has 1 aromatic carbocycles. The van der Waals surface area contributed by atoms with Crippen LogP contribution in [0, 0.1) is 5.92 Å². The van der Waals surface area contributed by atoms with Crippen molar-refractivity contribution in [1.29, 1.82) is 0 Å². The first kappa shape index (κ1) is 14.4. The Labute approximate surface area is 120 Å². The van der Waals surface area contributed by atoms with Gasteiger partial charge in [-0.1, -0.05) is 31.5 Å². The van der Waals surface area contributed by atoms with Crippen LogP contribution in [0.5, 0.6) is 0 Å². The fourth-order valence-corrected chi connectivity index (χ4v) is 2.57. The Hall–Kier alpha value is -0.990. The Bertz CT molecular complexity index is 516. The van der Waals surface area contributed by atoms with Crippen molar-refractivity contribution in [1.82, 2.24) is 9.88 Å². The molecule has 0 saturated heterocycles. The molecule has 0 atom stereocenters. The maximum absolute atomic E-state index is 6.17. The lowest BCUT2D eigenvalue weighted by molar-refractivity contribution is 0.517. The molecule has 2 aromatic rings. The van der Waals surface area contributed by atoms with E-state index in [4.69, 9.17) is 11.6 Å². The topological polar surface area (TPSA) is 17.0 Å². The monoisotopic (exact) mass is 278 g/mol. The molecule has 0 aliphatic heterocycles. The van der Waals surface area contributed by atoms with Crippen molar-refractivity contribution in [3.8, 4) is 0 Å². The number of aromatic nitrogens is 1. The molecular formula is C16H23ClN2. The van der Waals surface area contributed by atoms with E-state index >= 15 is 0 Å². The van der Waals surface area contributed by atoms with E-state index in [1.807, 2.05) is 12.1 Å². The Kier molecular flexibility index (Phi) is 5.29. The second-order valence-corrected chi connectivity index (χ2v) is 5.88. The maximum Gasteiger partial charge on any atom is 0.0499 e. The van der Waals surface area contributed by atoms with Crippen LogP contribution in [-0.4, -0.2) is 17.7 Å². The van der Waals surface area contributed by atoms with E-state index in [0.717, 1.165) is 36.0 Å². The van der Waals surface area contributed by atoms with Gasteiger partial charge in [0.2, 0.25) is 0 Å². The minimum Gasteiger partial charge on any atom is -0.346 e. The zero-order valence-electron chi connectivity index (χ0n) is 11.8. The number of hydrogen-bond acceptors (Lipinski definition) is 1. The van der Waals surface area contributed by atoms with Gasteiger partial charge in [0.25, 0.3) is 0 Å². The Balaban J connectivity index is 1.81. The molecule has 0 spiro atoms. The lowest BCUT2D eigenvalue weighted by Gasteiger charge is -2.08. The van der Waals surface area contributed by atoms with E-state index in [9.17, 15) is 0 Å². The molecule has 19 heavy (non-hydrogen) atoms. The van der Waals surface area contributed by atoms with E-state index in [0.29, 0.717) is 0 Å². The summed E-state index contributed by atoms with van der Waals surface area (Å²) in [5.74, 6) is 0.803. The van der Waals surface area contributed by atoms with Crippen molar-refractivity contribution in [3.05, 3.63) is 35.5 Å². The third-order valence-corrected chi connectivity index (χ3v) is 3.75. The van der Waals surface area contributed by atoms with Gasteiger partial charge in [-0.2, -0.15) is 0 Å². The number of hydrogen-bond donors (Lipinski definition) is 1. The molecule has 0 amide bonds. The molecule has 0 radical (unpaired) electrons. The number of nitrogens with one attached hydrogen (secondary N) is 1. The van der Waals surface area contributed by atoms with Crippen molar-refractivity contribution in [2.45, 2.75) is 33.2 Å². The van der Waals surface area contributed by atoms with Crippen LogP contribution in [0.25, 0.3) is 10.9 Å². The summed E-state index contributed by atoms with van der Waals surface area (Å²) in [6.45, 7) is 7.66. The molecule has 2 rings (SSSR count). The summed E-state index contributed by atoms with van der Waals surface area (Å²) < 4.78 is 2.26. The second kappa shape index (κ2) is 6.97. The average Bonchev–Trinajstić information content (AvgIpc) is 2.78. The van der Waals surface area contributed by atoms with E-state index in [2.05, 4.69) is 42.1 Å². The van der Waals surface area contributed by atoms with Crippen molar-refractivity contribution >= 4 is 22.5 Å². The van der Waals surface area contributed by atoms with Gasteiger partial charge < -0.3 is 9.88 Å². The summed E-state index contributed by atoms with van der Waals surface area (Å²) in [7, 11) is 0. The van der Waals surface area contributed by atoms with E-state index < -0.39 is 0 Å². The number of halogens is 1. The number of benzene rings is 1. The highest BCUT2D eigenvalue weighted by Crippen LogP contribution is 2.23. The number of rotatable bonds is 7. The lowest BCUT2D eigenvalue weighted by atomic mass is 10.1. The van der Waals surface area contributed by atoms with Gasteiger partial charge in [0.15, 0.2) is 0 Å². The molecule has 2 nitrogen and oxygen atoms in total. The molecule has 104 valence electrons. The SMILES string of the molecule is CC(C)CCCNCCn1ccc2c(Cl)cccc21. The standard InChI is InChI=1S/C16H23ClN2/c1-13(2)5-4-9-18-10-12-19-11-8-14-15(17)6-3-7-16(14)19/h3,6-8,11,13,18H,4-5,9-10,12H2,1-2H3. The maximum atomic E-state index is 6.17. The average molecular weight is 279 g/mol. The van der Waals surface area contributed by atoms with Gasteiger partial charge in [-0.25, -0.2) is 0 Å². The highest BCUT2D eigenvalue weighted by atomic mass is 35.5. The molecule has 1 aromatic heterocycles. The molecule has 0 aliphatic carbocycles. The molecule has 0 fully saturated rings. The van der Waals surface area contributed by atoms with E-state index in [1.165, 1.54) is 18.4 Å². The normalized spacial score (nSPS) is 11.6. The largest absolute Gasteiger partial charge is 0.346 e. The highest BCUT2D eigenvalue weighted by Gasteiger charge is 2.03. The van der Waals surface area contributed by atoms with Gasteiger partial charge in [0.05, 0.1) is 0 Å². The Morgan fingerprint density at radius 2 is 2.05 bits per heavy atom. The summed E-state index contributed by atoms with van der Waals surface area (Å²) in [6.07, 6.45) is 4.68. The predicted octanol–water partition coefficient (Wildman–Crippen LogP) is 4.32. The van der Waals surface area contributed by atoms with Crippen LogP contribution in [0.4, 0.5) is 0 Å². The zero-order chi connectivity index (χ0) is 13.7. The number of fused-ring (bicyclic) bond motifs is 1. The lowest BCUT2D eigenvalue weighted by Crippen LogP contribution is -2.21. The molecule has 0 saturated carbocycles. The van der Waals surface area contributed by atoms with Crippen molar-refractivity contribution in [3.63, 3.8) is 0 Å². The van der Waals surface area contributed by atoms with E-state index in [-0.39, 0.29) is 0 Å². The summed E-state index contributed by atoms with van der Waals surface area (Å²) in [4.78, 5) is 0. The van der Waals surface area contributed by atoms with Crippen LogP contribution in [0.3, 0.4) is 0 Å². The first-order valence-electron chi connectivity index (χ1n) is 7.12. The fraction of sp³-hybridized carbons (Fsp3) is 0.500. The van der Waals surface area contributed by atoms with Gasteiger partial charge in [-0.05, 0) is 43.5 Å². The Morgan fingerprint density at radius 3 is 2.84 bits per heavy atom. The van der Waals surface area contributed by atoms with Gasteiger partial charge in [0.1, 0.15) is 0 Å². The van der Waals surface area contributed by atoms with Crippen molar-refractivity contribution < 1.29 is 0 Å². The van der Waals surface area contributed by atoms with Crippen molar-refractivity contribution in [2.75, 3.05) is 13.1 Å². The molecule has 0 bridgehead atoms. The molecule has 0 aliphatic rings. The Morgan fingerprint density at radius 1 is 1.21 bits per heavy atom. The van der Waals surface area contributed by atoms with Gasteiger partial charge in [-0.15, -0.1) is 0 Å². The smallest absolute Gasteiger partial charge is 0.0499 e. The van der Waals surface area contributed by atoms with Crippen LogP contribution in [0.15, 0.2) is 30.5 Å². The minimum atomic E-state index is 0.803. The zero-order valence-corrected chi connectivity index (χ0v) is 12.6. The molecule has 1 N–H and O–H groups in total.